The lowest BCUT2D eigenvalue weighted by Crippen LogP contribution is -2.41. The van der Waals surface area contributed by atoms with Gasteiger partial charge in [-0.15, -0.1) is 0 Å². The van der Waals surface area contributed by atoms with Crippen LogP contribution >= 0.6 is 0 Å². The molecule has 0 heterocycles. The van der Waals surface area contributed by atoms with E-state index in [-0.39, 0.29) is 12.1 Å². The van der Waals surface area contributed by atoms with Crippen molar-refractivity contribution in [1.82, 2.24) is 0 Å². The Morgan fingerprint density at radius 1 is 1.45 bits per heavy atom. The number of benzene rings is 1. The van der Waals surface area contributed by atoms with E-state index in [4.69, 9.17) is 9.84 Å². The lowest BCUT2D eigenvalue weighted by atomic mass is 9.66. The van der Waals surface area contributed by atoms with Gasteiger partial charge in [0.05, 0.1) is 18.2 Å². The van der Waals surface area contributed by atoms with Crippen molar-refractivity contribution in [2.75, 3.05) is 12.4 Å². The van der Waals surface area contributed by atoms with E-state index < -0.39 is 23.1 Å². The Hall–Kier alpha value is -2.11. The summed E-state index contributed by atoms with van der Waals surface area (Å²) in [6.45, 7) is 0. The predicted octanol–water partition coefficient (Wildman–Crippen LogP) is 2.42. The van der Waals surface area contributed by atoms with Crippen molar-refractivity contribution < 1.29 is 23.8 Å². The number of hydrogen-bond acceptors (Lipinski definition) is 3. The van der Waals surface area contributed by atoms with E-state index in [1.165, 1.54) is 25.3 Å². The highest BCUT2D eigenvalue weighted by molar-refractivity contribution is 5.94. The largest absolute Gasteiger partial charge is 0.497 e. The lowest BCUT2D eigenvalue weighted by Gasteiger charge is -2.36. The number of aliphatic carboxylic acids is 1. The zero-order chi connectivity index (χ0) is 14.8. The maximum Gasteiger partial charge on any atom is 0.310 e. The van der Waals surface area contributed by atoms with Crippen molar-refractivity contribution in [3.8, 4) is 5.75 Å². The van der Waals surface area contributed by atoms with Crippen molar-refractivity contribution in [3.63, 3.8) is 0 Å². The highest BCUT2D eigenvalue weighted by Gasteiger charge is 2.45. The second-order valence-electron chi connectivity index (χ2n) is 5.01. The molecular formula is C14H16FNO4. The molecule has 0 aliphatic heterocycles. The third-order valence-corrected chi connectivity index (χ3v) is 3.71. The standard InChI is InChI=1S/C14H16FNO4/c1-20-9-3-4-10(15)11(7-9)16-12(17)8-14(13(18)19)5-2-6-14/h3-4,7H,2,5-6,8H2,1H3,(H,16,17)(H,18,19). The number of amides is 1. The van der Waals surface area contributed by atoms with Gasteiger partial charge < -0.3 is 15.2 Å². The third-order valence-electron chi connectivity index (χ3n) is 3.71. The second-order valence-corrected chi connectivity index (χ2v) is 5.01. The SMILES string of the molecule is COc1ccc(F)c(NC(=O)CC2(C(=O)O)CCC2)c1. The molecule has 1 aliphatic carbocycles. The van der Waals surface area contributed by atoms with Crippen molar-refractivity contribution in [2.24, 2.45) is 5.41 Å². The Morgan fingerprint density at radius 2 is 2.15 bits per heavy atom. The van der Waals surface area contributed by atoms with Gasteiger partial charge >= 0.3 is 5.97 Å². The van der Waals surface area contributed by atoms with E-state index in [1.54, 1.807) is 0 Å². The van der Waals surface area contributed by atoms with Crippen LogP contribution in [0.3, 0.4) is 0 Å². The van der Waals surface area contributed by atoms with Gasteiger partial charge in [-0.2, -0.15) is 0 Å². The molecule has 2 rings (SSSR count). The number of methoxy groups -OCH3 is 1. The zero-order valence-corrected chi connectivity index (χ0v) is 11.1. The zero-order valence-electron chi connectivity index (χ0n) is 11.1. The fraction of sp³-hybridized carbons (Fsp3) is 0.429. The monoisotopic (exact) mass is 281 g/mol. The number of carbonyl (C=O) groups excluding carboxylic acids is 1. The number of carboxylic acid groups (broad SMARTS) is 1. The highest BCUT2D eigenvalue weighted by atomic mass is 19.1. The first-order valence-electron chi connectivity index (χ1n) is 6.34. The number of carboxylic acids is 1. The first-order valence-corrected chi connectivity index (χ1v) is 6.34. The van der Waals surface area contributed by atoms with Crippen LogP contribution in [0.5, 0.6) is 5.75 Å². The van der Waals surface area contributed by atoms with Gasteiger partial charge in [0.25, 0.3) is 0 Å². The molecule has 0 saturated heterocycles. The van der Waals surface area contributed by atoms with Gasteiger partial charge in [-0.3, -0.25) is 9.59 Å². The van der Waals surface area contributed by atoms with Crippen LogP contribution in [0, 0.1) is 11.2 Å². The van der Waals surface area contributed by atoms with Gasteiger partial charge in [0.15, 0.2) is 0 Å². The normalized spacial score (nSPS) is 16.1. The van der Waals surface area contributed by atoms with Crippen molar-refractivity contribution in [3.05, 3.63) is 24.0 Å². The van der Waals surface area contributed by atoms with Crippen LogP contribution < -0.4 is 10.1 Å². The van der Waals surface area contributed by atoms with E-state index in [2.05, 4.69) is 5.32 Å². The number of nitrogens with one attached hydrogen (secondary N) is 1. The van der Waals surface area contributed by atoms with Crippen LogP contribution in [0.4, 0.5) is 10.1 Å². The number of halogens is 1. The maximum atomic E-state index is 13.6. The average Bonchev–Trinajstić information content (AvgIpc) is 2.36. The first kappa shape index (κ1) is 14.3. The fourth-order valence-electron chi connectivity index (χ4n) is 2.30. The molecule has 1 aromatic carbocycles. The minimum Gasteiger partial charge on any atom is -0.497 e. The molecule has 0 unspecified atom stereocenters. The van der Waals surface area contributed by atoms with Gasteiger partial charge in [0.2, 0.25) is 5.91 Å². The van der Waals surface area contributed by atoms with Crippen molar-refractivity contribution in [1.29, 1.82) is 0 Å². The highest BCUT2D eigenvalue weighted by Crippen LogP contribution is 2.44. The van der Waals surface area contributed by atoms with Gasteiger partial charge in [-0.25, -0.2) is 4.39 Å². The average molecular weight is 281 g/mol. The maximum absolute atomic E-state index is 13.6. The quantitative estimate of drug-likeness (QED) is 0.869. The van der Waals surface area contributed by atoms with E-state index in [0.717, 1.165) is 6.42 Å². The van der Waals surface area contributed by atoms with Gasteiger partial charge in [0, 0.05) is 12.5 Å². The Labute approximate surface area is 115 Å². The molecule has 5 nitrogen and oxygen atoms in total. The fourth-order valence-corrected chi connectivity index (χ4v) is 2.30. The Bertz CT molecular complexity index is 540. The summed E-state index contributed by atoms with van der Waals surface area (Å²) in [6.07, 6.45) is 1.62. The number of rotatable bonds is 5. The van der Waals surface area contributed by atoms with E-state index in [1.807, 2.05) is 0 Å². The van der Waals surface area contributed by atoms with Crippen LogP contribution in [0.2, 0.25) is 0 Å². The smallest absolute Gasteiger partial charge is 0.310 e. The summed E-state index contributed by atoms with van der Waals surface area (Å²) in [4.78, 5) is 23.1. The topological polar surface area (TPSA) is 75.6 Å². The Kier molecular flexibility index (Phi) is 3.92. The summed E-state index contributed by atoms with van der Waals surface area (Å²) < 4.78 is 18.5. The molecule has 1 amide bonds. The number of hydrogen-bond donors (Lipinski definition) is 2. The van der Waals surface area contributed by atoms with Crippen LogP contribution in [-0.4, -0.2) is 24.1 Å². The molecular weight excluding hydrogens is 265 g/mol. The summed E-state index contributed by atoms with van der Waals surface area (Å²) in [5.41, 5.74) is -0.992. The molecule has 0 spiro atoms. The van der Waals surface area contributed by atoms with Crippen LogP contribution in [0.25, 0.3) is 0 Å². The van der Waals surface area contributed by atoms with E-state index in [0.29, 0.717) is 18.6 Å². The second kappa shape index (κ2) is 5.48. The summed E-state index contributed by atoms with van der Waals surface area (Å²) in [5, 5.41) is 11.6. The minimum atomic E-state index is -0.987. The summed E-state index contributed by atoms with van der Waals surface area (Å²) in [6, 6.07) is 3.99. The number of carbonyl (C=O) groups is 2. The molecule has 0 radical (unpaired) electrons. The number of anilines is 1. The first-order chi connectivity index (χ1) is 9.47. The van der Waals surface area contributed by atoms with Crippen LogP contribution in [-0.2, 0) is 9.59 Å². The molecule has 0 bridgehead atoms. The third kappa shape index (κ3) is 2.74. The molecule has 108 valence electrons. The summed E-state index contributed by atoms with van der Waals surface area (Å²) in [5.74, 6) is -1.64. The number of ether oxygens (including phenoxy) is 1. The molecule has 2 N–H and O–H groups in total. The minimum absolute atomic E-state index is 0.00536. The molecule has 1 fully saturated rings. The molecule has 1 aromatic rings. The van der Waals surface area contributed by atoms with Crippen molar-refractivity contribution >= 4 is 17.6 Å². The molecule has 0 aromatic heterocycles. The lowest BCUT2D eigenvalue weighted by molar-refractivity contribution is -0.157. The predicted molar refractivity (Wildman–Crippen MR) is 70.1 cm³/mol. The van der Waals surface area contributed by atoms with E-state index in [9.17, 15) is 14.0 Å². The van der Waals surface area contributed by atoms with Gasteiger partial charge in [-0.1, -0.05) is 6.42 Å². The van der Waals surface area contributed by atoms with Gasteiger partial charge in [0.1, 0.15) is 11.6 Å². The van der Waals surface area contributed by atoms with Crippen molar-refractivity contribution in [2.45, 2.75) is 25.7 Å². The summed E-state index contributed by atoms with van der Waals surface area (Å²) in [7, 11) is 1.44. The van der Waals surface area contributed by atoms with Crippen LogP contribution in [0.1, 0.15) is 25.7 Å². The Morgan fingerprint density at radius 3 is 2.65 bits per heavy atom. The molecule has 6 heteroatoms. The summed E-state index contributed by atoms with van der Waals surface area (Å²) >= 11 is 0. The Balaban J connectivity index is 2.06. The molecule has 1 aliphatic rings. The molecule has 0 atom stereocenters. The van der Waals surface area contributed by atoms with E-state index >= 15 is 0 Å². The molecule has 1 saturated carbocycles. The molecule has 20 heavy (non-hydrogen) atoms. The van der Waals surface area contributed by atoms with Gasteiger partial charge in [-0.05, 0) is 25.0 Å². The van der Waals surface area contributed by atoms with Crippen LogP contribution in [0.15, 0.2) is 18.2 Å².